The predicted octanol–water partition coefficient (Wildman–Crippen LogP) is 1.94. The van der Waals surface area contributed by atoms with E-state index in [1.807, 2.05) is 6.92 Å². The van der Waals surface area contributed by atoms with Crippen molar-refractivity contribution in [2.24, 2.45) is 0 Å². The average molecular weight is 292 g/mol. The molecule has 0 aliphatic rings. The zero-order valence-corrected chi connectivity index (χ0v) is 11.0. The second kappa shape index (κ2) is 5.61. The van der Waals surface area contributed by atoms with E-state index in [0.29, 0.717) is 5.16 Å². The van der Waals surface area contributed by atoms with Crippen LogP contribution in [0.2, 0.25) is 0 Å². The van der Waals surface area contributed by atoms with Gasteiger partial charge in [-0.15, -0.1) is 0 Å². The standard InChI is InChI=1S/C11H8N4O4S/c1-6-3-13-11(14-4-6)20-9-8(10(16)17)2-7(5-12-9)15(18)19/h2-5H,1H3,(H,16,17). The normalized spacial score (nSPS) is 10.2. The molecular formula is C11H8N4O4S. The fourth-order valence-electron chi connectivity index (χ4n) is 1.30. The van der Waals surface area contributed by atoms with Crippen LogP contribution in [0.25, 0.3) is 0 Å². The van der Waals surface area contributed by atoms with E-state index in [4.69, 9.17) is 5.11 Å². The number of rotatable bonds is 4. The zero-order chi connectivity index (χ0) is 14.7. The molecule has 1 N–H and O–H groups in total. The van der Waals surface area contributed by atoms with Crippen LogP contribution in [0.3, 0.4) is 0 Å². The Morgan fingerprint density at radius 3 is 2.50 bits per heavy atom. The van der Waals surface area contributed by atoms with Crippen LogP contribution in [0.4, 0.5) is 5.69 Å². The summed E-state index contributed by atoms with van der Waals surface area (Å²) >= 11 is 0.935. The van der Waals surface area contributed by atoms with Crippen molar-refractivity contribution >= 4 is 23.4 Å². The van der Waals surface area contributed by atoms with E-state index in [1.165, 1.54) is 0 Å². The van der Waals surface area contributed by atoms with Gasteiger partial charge in [-0.2, -0.15) is 0 Å². The molecule has 2 heterocycles. The summed E-state index contributed by atoms with van der Waals surface area (Å²) in [5, 5.41) is 20.1. The largest absolute Gasteiger partial charge is 0.478 e. The van der Waals surface area contributed by atoms with Crippen molar-refractivity contribution in [2.45, 2.75) is 17.1 Å². The molecule has 9 heteroatoms. The second-order valence-electron chi connectivity index (χ2n) is 3.75. The maximum absolute atomic E-state index is 11.1. The van der Waals surface area contributed by atoms with Gasteiger partial charge in [-0.1, -0.05) is 0 Å². The molecule has 0 unspecified atom stereocenters. The number of carbonyl (C=O) groups is 1. The third kappa shape index (κ3) is 3.06. The Kier molecular flexibility index (Phi) is 3.89. The lowest BCUT2D eigenvalue weighted by atomic mass is 10.3. The minimum atomic E-state index is -1.30. The van der Waals surface area contributed by atoms with Crippen molar-refractivity contribution in [3.8, 4) is 0 Å². The maximum Gasteiger partial charge on any atom is 0.338 e. The summed E-state index contributed by atoms with van der Waals surface area (Å²) in [6.07, 6.45) is 4.17. The molecular weight excluding hydrogens is 284 g/mol. The van der Waals surface area contributed by atoms with Gasteiger partial charge in [0, 0.05) is 18.5 Å². The fourth-order valence-corrected chi connectivity index (χ4v) is 2.04. The SMILES string of the molecule is Cc1cnc(Sc2ncc([N+](=O)[O-])cc2C(=O)O)nc1. The van der Waals surface area contributed by atoms with Crippen LogP contribution in [-0.4, -0.2) is 31.0 Å². The molecule has 0 aromatic carbocycles. The van der Waals surface area contributed by atoms with Gasteiger partial charge >= 0.3 is 5.97 Å². The molecule has 0 saturated carbocycles. The quantitative estimate of drug-likeness (QED) is 0.515. The van der Waals surface area contributed by atoms with Gasteiger partial charge in [0.2, 0.25) is 0 Å². The first-order chi connectivity index (χ1) is 9.47. The Labute approximate surface area is 117 Å². The molecule has 2 aromatic heterocycles. The number of hydrogen-bond donors (Lipinski definition) is 1. The van der Waals surface area contributed by atoms with Crippen LogP contribution in [0.15, 0.2) is 34.8 Å². The van der Waals surface area contributed by atoms with Crippen LogP contribution in [-0.2, 0) is 0 Å². The van der Waals surface area contributed by atoms with E-state index in [2.05, 4.69) is 15.0 Å². The van der Waals surface area contributed by atoms with Gasteiger partial charge in [-0.05, 0) is 24.2 Å². The van der Waals surface area contributed by atoms with E-state index >= 15 is 0 Å². The minimum absolute atomic E-state index is 0.104. The van der Waals surface area contributed by atoms with Crippen molar-refractivity contribution in [3.63, 3.8) is 0 Å². The fraction of sp³-hybridized carbons (Fsp3) is 0.0909. The summed E-state index contributed by atoms with van der Waals surface area (Å²) in [7, 11) is 0. The number of aromatic nitrogens is 3. The minimum Gasteiger partial charge on any atom is -0.478 e. The molecule has 0 aliphatic carbocycles. The van der Waals surface area contributed by atoms with E-state index in [-0.39, 0.29) is 16.3 Å². The zero-order valence-electron chi connectivity index (χ0n) is 10.2. The third-order valence-corrected chi connectivity index (χ3v) is 3.14. The van der Waals surface area contributed by atoms with Gasteiger partial charge in [-0.3, -0.25) is 10.1 Å². The van der Waals surface area contributed by atoms with Crippen LogP contribution in [0.1, 0.15) is 15.9 Å². The smallest absolute Gasteiger partial charge is 0.338 e. The number of nitrogens with zero attached hydrogens (tertiary/aromatic N) is 4. The number of hydrogen-bond acceptors (Lipinski definition) is 7. The maximum atomic E-state index is 11.1. The predicted molar refractivity (Wildman–Crippen MR) is 68.7 cm³/mol. The highest BCUT2D eigenvalue weighted by atomic mass is 32.2. The lowest BCUT2D eigenvalue weighted by Gasteiger charge is -2.03. The van der Waals surface area contributed by atoms with Gasteiger partial charge < -0.3 is 5.11 Å². The average Bonchev–Trinajstić information content (AvgIpc) is 2.41. The van der Waals surface area contributed by atoms with E-state index in [0.717, 1.165) is 29.6 Å². The third-order valence-electron chi connectivity index (χ3n) is 2.22. The number of nitro groups is 1. The van der Waals surface area contributed by atoms with Gasteiger partial charge in [0.15, 0.2) is 5.16 Å². The van der Waals surface area contributed by atoms with Gasteiger partial charge in [-0.25, -0.2) is 19.7 Å². The first kappa shape index (κ1) is 13.9. The number of aromatic carboxylic acids is 1. The molecule has 0 aliphatic heterocycles. The van der Waals surface area contributed by atoms with E-state index in [9.17, 15) is 14.9 Å². The Bertz CT molecular complexity index is 675. The summed E-state index contributed by atoms with van der Waals surface area (Å²) in [6.45, 7) is 1.82. The van der Waals surface area contributed by atoms with Crippen molar-refractivity contribution < 1.29 is 14.8 Å². The summed E-state index contributed by atoms with van der Waals surface area (Å²) in [4.78, 5) is 32.9. The van der Waals surface area contributed by atoms with Crippen molar-refractivity contribution in [1.29, 1.82) is 0 Å². The number of carboxylic acids is 1. The molecule has 0 saturated heterocycles. The van der Waals surface area contributed by atoms with Crippen LogP contribution < -0.4 is 0 Å². The number of aryl methyl sites for hydroxylation is 1. The summed E-state index contributed by atoms with van der Waals surface area (Å²) < 4.78 is 0. The molecule has 0 bridgehead atoms. The Morgan fingerprint density at radius 2 is 1.95 bits per heavy atom. The summed E-state index contributed by atoms with van der Waals surface area (Å²) in [5.41, 5.74) is 0.231. The first-order valence-corrected chi connectivity index (χ1v) is 6.13. The van der Waals surface area contributed by atoms with Crippen molar-refractivity contribution in [2.75, 3.05) is 0 Å². The highest BCUT2D eigenvalue weighted by molar-refractivity contribution is 7.99. The Hall–Kier alpha value is -2.55. The molecule has 0 spiro atoms. The lowest BCUT2D eigenvalue weighted by Crippen LogP contribution is -2.03. The van der Waals surface area contributed by atoms with Crippen LogP contribution in [0, 0.1) is 17.0 Å². The highest BCUT2D eigenvalue weighted by Crippen LogP contribution is 2.28. The molecule has 20 heavy (non-hydrogen) atoms. The van der Waals surface area contributed by atoms with Crippen molar-refractivity contribution in [3.05, 3.63) is 45.9 Å². The summed E-state index contributed by atoms with van der Waals surface area (Å²) in [6, 6.07) is 0.964. The van der Waals surface area contributed by atoms with Crippen LogP contribution >= 0.6 is 11.8 Å². The first-order valence-electron chi connectivity index (χ1n) is 5.31. The molecule has 0 amide bonds. The number of pyridine rings is 1. The topological polar surface area (TPSA) is 119 Å². The second-order valence-corrected chi connectivity index (χ2v) is 4.71. The molecule has 2 rings (SSSR count). The molecule has 0 radical (unpaired) electrons. The van der Waals surface area contributed by atoms with E-state index < -0.39 is 10.9 Å². The molecule has 8 nitrogen and oxygen atoms in total. The molecule has 102 valence electrons. The number of carboxylic acid groups (broad SMARTS) is 1. The van der Waals surface area contributed by atoms with Crippen LogP contribution in [0.5, 0.6) is 0 Å². The molecule has 0 fully saturated rings. The molecule has 0 atom stereocenters. The summed E-state index contributed by atoms with van der Waals surface area (Å²) in [5.74, 6) is -1.30. The lowest BCUT2D eigenvalue weighted by molar-refractivity contribution is -0.385. The molecule has 2 aromatic rings. The van der Waals surface area contributed by atoms with Gasteiger partial charge in [0.25, 0.3) is 5.69 Å². The van der Waals surface area contributed by atoms with Gasteiger partial charge in [0.05, 0.1) is 10.5 Å². The van der Waals surface area contributed by atoms with Gasteiger partial charge in [0.1, 0.15) is 11.2 Å². The van der Waals surface area contributed by atoms with E-state index in [1.54, 1.807) is 12.4 Å². The Morgan fingerprint density at radius 1 is 1.30 bits per heavy atom. The highest BCUT2D eigenvalue weighted by Gasteiger charge is 2.19. The van der Waals surface area contributed by atoms with Crippen molar-refractivity contribution in [1.82, 2.24) is 15.0 Å². The Balaban J connectivity index is 2.38. The monoisotopic (exact) mass is 292 g/mol.